The normalized spacial score (nSPS) is 31.4. The van der Waals surface area contributed by atoms with E-state index >= 15 is 0 Å². The molecule has 2 amide bonds. The molecule has 0 aromatic carbocycles. The molecule has 0 saturated heterocycles. The average Bonchev–Trinajstić information content (AvgIpc) is 2.95. The molecule has 4 atom stereocenters. The molecule has 2 bridgehead atoms. The van der Waals surface area contributed by atoms with Crippen LogP contribution in [0.3, 0.4) is 0 Å². The minimum absolute atomic E-state index is 0.214. The van der Waals surface area contributed by atoms with Gasteiger partial charge in [0, 0.05) is 19.0 Å². The zero-order valence-corrected chi connectivity index (χ0v) is 11.1. The molecule has 2 aliphatic rings. The van der Waals surface area contributed by atoms with E-state index in [0.717, 1.165) is 19.3 Å². The number of carbonyl (C=O) groups excluding carboxylic acids is 1. The summed E-state index contributed by atoms with van der Waals surface area (Å²) >= 11 is 0. The summed E-state index contributed by atoms with van der Waals surface area (Å²) in [6, 6.07) is -0.491. The molecule has 4 unspecified atom stereocenters. The van der Waals surface area contributed by atoms with E-state index in [2.05, 4.69) is 22.5 Å². The number of urea groups is 1. The maximum atomic E-state index is 11.7. The monoisotopic (exact) mass is 264 g/mol. The average molecular weight is 264 g/mol. The minimum atomic E-state index is -0.783. The van der Waals surface area contributed by atoms with Gasteiger partial charge >= 0.3 is 12.0 Å². The molecule has 2 fully saturated rings. The summed E-state index contributed by atoms with van der Waals surface area (Å²) in [5.41, 5.74) is 0. The molecule has 2 aliphatic carbocycles. The summed E-state index contributed by atoms with van der Waals surface area (Å²) in [5.74, 6) is 4.99. The first-order chi connectivity index (χ1) is 9.13. The highest BCUT2D eigenvalue weighted by Gasteiger charge is 2.51. The number of rotatable bonds is 4. The fourth-order valence-electron chi connectivity index (χ4n) is 3.42. The van der Waals surface area contributed by atoms with Crippen molar-refractivity contribution in [2.75, 3.05) is 6.54 Å². The van der Waals surface area contributed by atoms with Crippen LogP contribution in [0.25, 0.3) is 0 Å². The molecule has 5 nitrogen and oxygen atoms in total. The Balaban J connectivity index is 1.85. The van der Waals surface area contributed by atoms with Crippen LogP contribution in [0.4, 0.5) is 4.79 Å². The molecule has 19 heavy (non-hydrogen) atoms. The molecule has 0 spiro atoms. The predicted molar refractivity (Wildman–Crippen MR) is 70.3 cm³/mol. The predicted octanol–water partition coefficient (Wildman–Crippen LogP) is 1.20. The Hall–Kier alpha value is -1.70. The molecule has 104 valence electrons. The molecule has 2 rings (SSSR count). The van der Waals surface area contributed by atoms with E-state index in [1.807, 2.05) is 0 Å². The van der Waals surface area contributed by atoms with E-state index in [1.165, 1.54) is 0 Å². The molecule has 2 saturated carbocycles. The van der Waals surface area contributed by atoms with E-state index in [0.29, 0.717) is 18.9 Å². The fraction of sp³-hybridized carbons (Fsp3) is 0.714. The second-order valence-electron chi connectivity index (χ2n) is 5.30. The quantitative estimate of drug-likeness (QED) is 0.527. The smallest absolute Gasteiger partial charge is 0.315 e. The SMILES string of the molecule is CC#CCCNC(=O)NC1C2CCC(C2)C1C(=O)O. The van der Waals surface area contributed by atoms with Crippen molar-refractivity contribution < 1.29 is 14.7 Å². The summed E-state index contributed by atoms with van der Waals surface area (Å²) in [7, 11) is 0. The Morgan fingerprint density at radius 1 is 1.32 bits per heavy atom. The van der Waals surface area contributed by atoms with E-state index < -0.39 is 11.9 Å². The van der Waals surface area contributed by atoms with Crippen LogP contribution < -0.4 is 10.6 Å². The number of fused-ring (bicyclic) bond motifs is 2. The van der Waals surface area contributed by atoms with Gasteiger partial charge in [0.1, 0.15) is 0 Å². The van der Waals surface area contributed by atoms with E-state index in [-0.39, 0.29) is 18.0 Å². The molecular formula is C14H20N2O3. The van der Waals surface area contributed by atoms with Gasteiger partial charge in [-0.3, -0.25) is 4.79 Å². The first kappa shape index (κ1) is 13.7. The molecule has 0 aliphatic heterocycles. The van der Waals surface area contributed by atoms with Crippen LogP contribution in [-0.4, -0.2) is 29.7 Å². The maximum Gasteiger partial charge on any atom is 0.315 e. The Morgan fingerprint density at radius 2 is 2.05 bits per heavy atom. The summed E-state index contributed by atoms with van der Waals surface area (Å²) in [5, 5.41) is 14.8. The van der Waals surface area contributed by atoms with Crippen molar-refractivity contribution in [3.63, 3.8) is 0 Å². The minimum Gasteiger partial charge on any atom is -0.481 e. The topological polar surface area (TPSA) is 78.4 Å². The lowest BCUT2D eigenvalue weighted by atomic mass is 9.84. The number of nitrogens with one attached hydrogen (secondary N) is 2. The fourth-order valence-corrected chi connectivity index (χ4v) is 3.42. The maximum absolute atomic E-state index is 11.7. The third kappa shape index (κ3) is 3.01. The van der Waals surface area contributed by atoms with Gasteiger partial charge < -0.3 is 15.7 Å². The van der Waals surface area contributed by atoms with Crippen molar-refractivity contribution in [1.82, 2.24) is 10.6 Å². The molecule has 0 heterocycles. The highest BCUT2D eigenvalue weighted by Crippen LogP contribution is 2.48. The number of carbonyl (C=O) groups is 2. The van der Waals surface area contributed by atoms with Gasteiger partial charge in [0.2, 0.25) is 0 Å². The van der Waals surface area contributed by atoms with Gasteiger partial charge in [-0.2, -0.15) is 0 Å². The molecular weight excluding hydrogens is 244 g/mol. The van der Waals surface area contributed by atoms with Crippen LogP contribution in [-0.2, 0) is 4.79 Å². The molecule has 0 aromatic rings. The number of hydrogen-bond donors (Lipinski definition) is 3. The largest absolute Gasteiger partial charge is 0.481 e. The zero-order valence-electron chi connectivity index (χ0n) is 11.1. The van der Waals surface area contributed by atoms with E-state index in [4.69, 9.17) is 0 Å². The highest BCUT2D eigenvalue weighted by atomic mass is 16.4. The summed E-state index contributed by atoms with van der Waals surface area (Å²) in [4.78, 5) is 23.0. The zero-order chi connectivity index (χ0) is 13.8. The van der Waals surface area contributed by atoms with Gasteiger partial charge in [0.25, 0.3) is 0 Å². The second kappa shape index (κ2) is 5.96. The van der Waals surface area contributed by atoms with Gasteiger partial charge in [0.15, 0.2) is 0 Å². The van der Waals surface area contributed by atoms with Crippen LogP contribution in [0.15, 0.2) is 0 Å². The Morgan fingerprint density at radius 3 is 2.74 bits per heavy atom. The number of aliphatic carboxylic acids is 1. The lowest BCUT2D eigenvalue weighted by Crippen LogP contribution is -2.50. The van der Waals surface area contributed by atoms with Crippen molar-refractivity contribution >= 4 is 12.0 Å². The number of hydrogen-bond acceptors (Lipinski definition) is 2. The van der Waals surface area contributed by atoms with Crippen LogP contribution in [0.5, 0.6) is 0 Å². The Bertz CT molecular complexity index is 424. The van der Waals surface area contributed by atoms with E-state index in [1.54, 1.807) is 6.92 Å². The van der Waals surface area contributed by atoms with Crippen molar-refractivity contribution in [3.8, 4) is 11.8 Å². The first-order valence-corrected chi connectivity index (χ1v) is 6.80. The van der Waals surface area contributed by atoms with Crippen molar-refractivity contribution in [3.05, 3.63) is 0 Å². The van der Waals surface area contributed by atoms with Gasteiger partial charge in [-0.05, 0) is 38.0 Å². The summed E-state index contributed by atoms with van der Waals surface area (Å²) in [6.45, 7) is 2.25. The molecule has 5 heteroatoms. The standard InChI is InChI=1S/C14H20N2O3/c1-2-3-4-7-15-14(19)16-12-10-6-5-9(8-10)11(12)13(17)18/h9-12H,4-8H2,1H3,(H,17,18)(H2,15,16,19). The second-order valence-corrected chi connectivity index (χ2v) is 5.30. The van der Waals surface area contributed by atoms with Crippen LogP contribution in [0, 0.1) is 29.6 Å². The molecule has 0 aromatic heterocycles. The molecule has 0 radical (unpaired) electrons. The lowest BCUT2D eigenvalue weighted by Gasteiger charge is -2.28. The van der Waals surface area contributed by atoms with Crippen LogP contribution >= 0.6 is 0 Å². The van der Waals surface area contributed by atoms with Crippen LogP contribution in [0.1, 0.15) is 32.6 Å². The van der Waals surface area contributed by atoms with Gasteiger partial charge in [-0.1, -0.05) is 0 Å². The highest BCUT2D eigenvalue weighted by molar-refractivity contribution is 5.77. The van der Waals surface area contributed by atoms with Crippen LogP contribution in [0.2, 0.25) is 0 Å². The van der Waals surface area contributed by atoms with Crippen molar-refractivity contribution in [2.24, 2.45) is 17.8 Å². The number of carboxylic acid groups (broad SMARTS) is 1. The van der Waals surface area contributed by atoms with Gasteiger partial charge in [-0.25, -0.2) is 4.79 Å². The van der Waals surface area contributed by atoms with Crippen molar-refractivity contribution in [2.45, 2.75) is 38.6 Å². The summed E-state index contributed by atoms with van der Waals surface area (Å²) < 4.78 is 0. The van der Waals surface area contributed by atoms with E-state index in [9.17, 15) is 14.7 Å². The van der Waals surface area contributed by atoms with Gasteiger partial charge in [0.05, 0.1) is 5.92 Å². The Labute approximate surface area is 113 Å². The first-order valence-electron chi connectivity index (χ1n) is 6.80. The molecule has 3 N–H and O–H groups in total. The summed E-state index contributed by atoms with van der Waals surface area (Å²) in [6.07, 6.45) is 3.56. The Kier molecular flexibility index (Phi) is 4.31. The lowest BCUT2D eigenvalue weighted by molar-refractivity contribution is -0.144. The van der Waals surface area contributed by atoms with Crippen molar-refractivity contribution in [1.29, 1.82) is 0 Å². The van der Waals surface area contributed by atoms with Gasteiger partial charge in [-0.15, -0.1) is 11.8 Å². The number of amides is 2. The third-order valence-electron chi connectivity index (χ3n) is 4.21. The number of carboxylic acids is 1. The third-order valence-corrected chi connectivity index (χ3v) is 4.21.